The Hall–Kier alpha value is 0.0300. The third kappa shape index (κ3) is 2.40. The number of allylic oxidation sites excluding steroid dienone is 2. The summed E-state index contributed by atoms with van der Waals surface area (Å²) in [7, 11) is 0. The molecule has 1 saturated carbocycles. The van der Waals surface area contributed by atoms with Crippen LogP contribution in [-0.2, 0) is 0 Å². The van der Waals surface area contributed by atoms with Crippen molar-refractivity contribution in [3.8, 4) is 0 Å². The van der Waals surface area contributed by atoms with Crippen molar-refractivity contribution in [1.29, 1.82) is 0 Å². The second-order valence-corrected chi connectivity index (χ2v) is 2.92. The summed E-state index contributed by atoms with van der Waals surface area (Å²) < 4.78 is 0. The lowest BCUT2D eigenvalue weighted by Crippen LogP contribution is -1.81. The Balaban J connectivity index is 2.32. The molecule has 9 heavy (non-hydrogen) atoms. The molecule has 0 aromatic heterocycles. The molecule has 0 aromatic carbocycles. The highest BCUT2D eigenvalue weighted by Crippen LogP contribution is 2.31. The first-order valence-corrected chi connectivity index (χ1v) is 4.15. The molecular weight excluding hydrogens is 132 g/mol. The molecule has 0 atom stereocenters. The van der Waals surface area contributed by atoms with Crippen LogP contribution in [0.3, 0.4) is 0 Å². The zero-order chi connectivity index (χ0) is 6.69. The fourth-order valence-electron chi connectivity index (χ4n) is 0.853. The van der Waals surface area contributed by atoms with E-state index in [0.29, 0.717) is 0 Å². The Kier molecular flexibility index (Phi) is 2.59. The maximum absolute atomic E-state index is 5.67. The van der Waals surface area contributed by atoms with Crippen LogP contribution >= 0.6 is 11.6 Å². The van der Waals surface area contributed by atoms with Crippen molar-refractivity contribution in [2.24, 2.45) is 5.92 Å². The number of hydrogen-bond acceptors (Lipinski definition) is 0. The van der Waals surface area contributed by atoms with Crippen molar-refractivity contribution >= 4 is 11.6 Å². The summed E-state index contributed by atoms with van der Waals surface area (Å²) >= 11 is 5.67. The van der Waals surface area contributed by atoms with E-state index >= 15 is 0 Å². The van der Waals surface area contributed by atoms with Crippen LogP contribution in [0.2, 0.25) is 0 Å². The van der Waals surface area contributed by atoms with E-state index in [1.807, 2.05) is 0 Å². The van der Waals surface area contributed by atoms with E-state index in [0.717, 1.165) is 18.2 Å². The van der Waals surface area contributed by atoms with Crippen LogP contribution in [0.15, 0.2) is 11.6 Å². The summed E-state index contributed by atoms with van der Waals surface area (Å²) in [6, 6.07) is 0. The fourth-order valence-corrected chi connectivity index (χ4v) is 1.13. The minimum atomic E-state index is 0.729. The maximum Gasteiger partial charge on any atom is 0.0433 e. The van der Waals surface area contributed by atoms with Gasteiger partial charge < -0.3 is 0 Å². The van der Waals surface area contributed by atoms with E-state index in [9.17, 15) is 0 Å². The van der Waals surface area contributed by atoms with E-state index in [1.54, 1.807) is 0 Å². The summed E-state index contributed by atoms with van der Waals surface area (Å²) in [5, 5.41) is 0. The molecule has 0 radical (unpaired) electrons. The molecule has 52 valence electrons. The van der Waals surface area contributed by atoms with Crippen LogP contribution in [0.1, 0.15) is 26.2 Å². The summed E-state index contributed by atoms with van der Waals surface area (Å²) in [5.41, 5.74) is 1.42. The van der Waals surface area contributed by atoms with E-state index in [2.05, 4.69) is 13.0 Å². The number of alkyl halides is 1. The Morgan fingerprint density at radius 1 is 1.67 bits per heavy atom. The van der Waals surface area contributed by atoms with Gasteiger partial charge in [-0.2, -0.15) is 0 Å². The van der Waals surface area contributed by atoms with Crippen molar-refractivity contribution in [3.05, 3.63) is 11.6 Å². The van der Waals surface area contributed by atoms with Crippen LogP contribution < -0.4 is 0 Å². The molecule has 1 heteroatoms. The van der Waals surface area contributed by atoms with Gasteiger partial charge in [0.1, 0.15) is 0 Å². The van der Waals surface area contributed by atoms with Crippen molar-refractivity contribution < 1.29 is 0 Å². The first kappa shape index (κ1) is 7.14. The average Bonchev–Trinajstić information content (AvgIpc) is 2.66. The van der Waals surface area contributed by atoms with Crippen LogP contribution in [0.4, 0.5) is 0 Å². The molecular formula is C8H13Cl. The maximum atomic E-state index is 5.67. The van der Waals surface area contributed by atoms with Gasteiger partial charge in [0, 0.05) is 5.88 Å². The molecule has 1 aliphatic rings. The van der Waals surface area contributed by atoms with E-state index < -0.39 is 0 Å². The molecule has 1 aliphatic carbocycles. The van der Waals surface area contributed by atoms with Gasteiger partial charge >= 0.3 is 0 Å². The predicted molar refractivity (Wildman–Crippen MR) is 41.8 cm³/mol. The molecule has 0 N–H and O–H groups in total. The molecule has 0 unspecified atom stereocenters. The van der Waals surface area contributed by atoms with Gasteiger partial charge in [0.25, 0.3) is 0 Å². The molecule has 0 heterocycles. The van der Waals surface area contributed by atoms with Crippen LogP contribution in [-0.4, -0.2) is 5.88 Å². The lowest BCUT2D eigenvalue weighted by Gasteiger charge is -1.95. The summed E-state index contributed by atoms with van der Waals surface area (Å²) in [6.07, 6.45) is 6.24. The smallest absolute Gasteiger partial charge is 0.0433 e. The molecule has 0 bridgehead atoms. The summed E-state index contributed by atoms with van der Waals surface area (Å²) in [6.45, 7) is 2.16. The lowest BCUT2D eigenvalue weighted by molar-refractivity contribution is 1.02. The number of halogens is 1. The van der Waals surface area contributed by atoms with Gasteiger partial charge in [-0.15, -0.1) is 11.6 Å². The zero-order valence-corrected chi connectivity index (χ0v) is 6.62. The number of hydrogen-bond donors (Lipinski definition) is 0. The minimum Gasteiger partial charge on any atom is -0.122 e. The quantitative estimate of drug-likeness (QED) is 0.422. The molecule has 0 nitrogen and oxygen atoms in total. The molecule has 1 fully saturated rings. The molecule has 0 saturated heterocycles. The zero-order valence-electron chi connectivity index (χ0n) is 5.86. The van der Waals surface area contributed by atoms with Crippen LogP contribution in [0.5, 0.6) is 0 Å². The van der Waals surface area contributed by atoms with Crippen LogP contribution in [0, 0.1) is 5.92 Å². The van der Waals surface area contributed by atoms with Crippen molar-refractivity contribution in [2.75, 3.05) is 5.88 Å². The second kappa shape index (κ2) is 3.26. The highest BCUT2D eigenvalue weighted by Gasteiger charge is 2.18. The Morgan fingerprint density at radius 2 is 2.33 bits per heavy atom. The highest BCUT2D eigenvalue weighted by molar-refractivity contribution is 6.19. The molecule has 0 spiro atoms. The lowest BCUT2D eigenvalue weighted by atomic mass is 10.2. The first-order valence-electron chi connectivity index (χ1n) is 3.62. The SMILES string of the molecule is CCC(=CC1CC1)CCl. The topological polar surface area (TPSA) is 0 Å². The Morgan fingerprint density at radius 3 is 2.67 bits per heavy atom. The predicted octanol–water partition coefficient (Wildman–Crippen LogP) is 2.97. The van der Waals surface area contributed by atoms with Crippen LogP contribution in [0.25, 0.3) is 0 Å². The van der Waals surface area contributed by atoms with Gasteiger partial charge in [0.15, 0.2) is 0 Å². The fraction of sp³-hybridized carbons (Fsp3) is 0.750. The van der Waals surface area contributed by atoms with Crippen molar-refractivity contribution in [3.63, 3.8) is 0 Å². The van der Waals surface area contributed by atoms with E-state index in [1.165, 1.54) is 18.4 Å². The van der Waals surface area contributed by atoms with Gasteiger partial charge in [-0.25, -0.2) is 0 Å². The molecule has 0 aliphatic heterocycles. The van der Waals surface area contributed by atoms with Gasteiger partial charge in [0.05, 0.1) is 0 Å². The van der Waals surface area contributed by atoms with Gasteiger partial charge in [0.2, 0.25) is 0 Å². The van der Waals surface area contributed by atoms with Gasteiger partial charge in [-0.3, -0.25) is 0 Å². The molecule has 0 amide bonds. The van der Waals surface area contributed by atoms with E-state index in [4.69, 9.17) is 11.6 Å². The third-order valence-electron chi connectivity index (χ3n) is 1.72. The monoisotopic (exact) mass is 144 g/mol. The Labute approximate surface area is 61.9 Å². The summed E-state index contributed by atoms with van der Waals surface area (Å²) in [4.78, 5) is 0. The standard InChI is InChI=1S/C8H13Cl/c1-2-7(6-9)5-8-3-4-8/h5,8H,2-4,6H2,1H3. The minimum absolute atomic E-state index is 0.729. The average molecular weight is 145 g/mol. The Bertz CT molecular complexity index is 106. The third-order valence-corrected chi connectivity index (χ3v) is 2.06. The number of rotatable bonds is 3. The normalized spacial score (nSPS) is 20.4. The molecule has 0 aromatic rings. The van der Waals surface area contributed by atoms with Crippen molar-refractivity contribution in [2.45, 2.75) is 26.2 Å². The van der Waals surface area contributed by atoms with Gasteiger partial charge in [-0.1, -0.05) is 18.6 Å². The summed E-state index contributed by atoms with van der Waals surface area (Å²) in [5.74, 6) is 1.62. The van der Waals surface area contributed by atoms with Crippen molar-refractivity contribution in [1.82, 2.24) is 0 Å². The molecule has 1 rings (SSSR count). The van der Waals surface area contributed by atoms with E-state index in [-0.39, 0.29) is 0 Å². The highest BCUT2D eigenvalue weighted by atomic mass is 35.5. The second-order valence-electron chi connectivity index (χ2n) is 2.65. The first-order chi connectivity index (χ1) is 4.36. The largest absolute Gasteiger partial charge is 0.122 e. The van der Waals surface area contributed by atoms with Gasteiger partial charge in [-0.05, 0) is 25.2 Å².